The quantitative estimate of drug-likeness (QED) is 0.750. The molecular weight excluding hydrogens is 236 g/mol. The Morgan fingerprint density at radius 1 is 1.32 bits per heavy atom. The van der Waals surface area contributed by atoms with Gasteiger partial charge in [-0.1, -0.05) is 18.2 Å². The lowest BCUT2D eigenvalue weighted by Crippen LogP contribution is -1.98. The highest BCUT2D eigenvalue weighted by molar-refractivity contribution is 5.83. The average molecular weight is 254 g/mol. The first-order chi connectivity index (χ1) is 9.28. The second-order valence-electron chi connectivity index (χ2n) is 4.70. The van der Waals surface area contributed by atoms with Crippen molar-refractivity contribution in [3.8, 4) is 0 Å². The molecule has 0 bridgehead atoms. The van der Waals surface area contributed by atoms with Crippen LogP contribution < -0.4 is 5.32 Å². The van der Waals surface area contributed by atoms with Crippen LogP contribution in [0.25, 0.3) is 10.9 Å². The van der Waals surface area contributed by atoms with Crippen molar-refractivity contribution >= 4 is 16.6 Å². The zero-order valence-corrected chi connectivity index (χ0v) is 11.3. The molecule has 2 aromatic heterocycles. The predicted molar refractivity (Wildman–Crippen MR) is 78.3 cm³/mol. The molecule has 0 spiro atoms. The van der Waals surface area contributed by atoms with Crippen LogP contribution >= 0.6 is 0 Å². The monoisotopic (exact) mass is 254 g/mol. The number of H-pyrrole nitrogens is 1. The molecule has 3 aromatic rings. The molecule has 0 atom stereocenters. The summed E-state index contributed by atoms with van der Waals surface area (Å²) < 4.78 is 1.95. The molecule has 0 unspecified atom stereocenters. The number of hydrogen-bond donors (Lipinski definition) is 2. The van der Waals surface area contributed by atoms with Crippen LogP contribution in [0.5, 0.6) is 0 Å². The van der Waals surface area contributed by atoms with Gasteiger partial charge in [-0.3, -0.25) is 4.68 Å². The van der Waals surface area contributed by atoms with Crippen LogP contribution in [0.1, 0.15) is 18.2 Å². The number of aryl methyl sites for hydroxylation is 2. The van der Waals surface area contributed by atoms with Gasteiger partial charge in [-0.2, -0.15) is 5.10 Å². The smallest absolute Gasteiger partial charge is 0.0825 e. The first kappa shape index (κ1) is 11.8. The molecule has 0 aliphatic carbocycles. The molecule has 98 valence electrons. The largest absolute Gasteiger partial charge is 0.378 e. The van der Waals surface area contributed by atoms with Crippen molar-refractivity contribution in [3.63, 3.8) is 0 Å². The van der Waals surface area contributed by atoms with Gasteiger partial charge in [0.05, 0.1) is 11.4 Å². The molecular formula is C15H18N4. The molecule has 0 fully saturated rings. The van der Waals surface area contributed by atoms with E-state index >= 15 is 0 Å². The van der Waals surface area contributed by atoms with E-state index in [9.17, 15) is 0 Å². The molecule has 0 aliphatic heterocycles. The molecule has 2 N–H and O–H groups in total. The summed E-state index contributed by atoms with van der Waals surface area (Å²) >= 11 is 0. The van der Waals surface area contributed by atoms with Crippen molar-refractivity contribution < 1.29 is 0 Å². The standard InChI is InChI=1S/C15H18N4/c1-3-19-10-15(11(2)18-19)17-9-12-8-16-14-7-5-4-6-13(12)14/h4-8,10,16-17H,3,9H2,1-2H3. The summed E-state index contributed by atoms with van der Waals surface area (Å²) in [6.45, 7) is 5.83. The van der Waals surface area contributed by atoms with Crippen LogP contribution in [-0.4, -0.2) is 14.8 Å². The van der Waals surface area contributed by atoms with Gasteiger partial charge in [0, 0.05) is 36.4 Å². The second-order valence-corrected chi connectivity index (χ2v) is 4.70. The number of anilines is 1. The molecule has 19 heavy (non-hydrogen) atoms. The van der Waals surface area contributed by atoms with Crippen molar-refractivity contribution in [1.29, 1.82) is 0 Å². The fourth-order valence-electron chi connectivity index (χ4n) is 2.32. The number of fused-ring (bicyclic) bond motifs is 1. The van der Waals surface area contributed by atoms with E-state index in [-0.39, 0.29) is 0 Å². The first-order valence-electron chi connectivity index (χ1n) is 6.61. The van der Waals surface area contributed by atoms with Gasteiger partial charge in [0.1, 0.15) is 0 Å². The van der Waals surface area contributed by atoms with E-state index in [1.54, 1.807) is 0 Å². The third kappa shape index (κ3) is 2.21. The summed E-state index contributed by atoms with van der Waals surface area (Å²) in [6, 6.07) is 8.36. The number of nitrogens with one attached hydrogen (secondary N) is 2. The van der Waals surface area contributed by atoms with Crippen LogP contribution in [-0.2, 0) is 13.1 Å². The Balaban J connectivity index is 1.80. The molecule has 0 amide bonds. The number of benzene rings is 1. The maximum atomic E-state index is 4.44. The summed E-state index contributed by atoms with van der Waals surface area (Å²) in [4.78, 5) is 3.29. The maximum Gasteiger partial charge on any atom is 0.0825 e. The van der Waals surface area contributed by atoms with Gasteiger partial charge in [0.2, 0.25) is 0 Å². The number of rotatable bonds is 4. The van der Waals surface area contributed by atoms with Gasteiger partial charge in [0.15, 0.2) is 0 Å². The van der Waals surface area contributed by atoms with E-state index in [4.69, 9.17) is 0 Å². The fraction of sp³-hybridized carbons (Fsp3) is 0.267. The van der Waals surface area contributed by atoms with Crippen LogP contribution in [0.15, 0.2) is 36.7 Å². The molecule has 1 aromatic carbocycles. The highest BCUT2D eigenvalue weighted by Crippen LogP contribution is 2.20. The molecule has 2 heterocycles. The van der Waals surface area contributed by atoms with Crippen LogP contribution in [0.3, 0.4) is 0 Å². The lowest BCUT2D eigenvalue weighted by Gasteiger charge is -2.03. The fourth-order valence-corrected chi connectivity index (χ4v) is 2.32. The first-order valence-corrected chi connectivity index (χ1v) is 6.61. The van der Waals surface area contributed by atoms with Crippen LogP contribution in [0, 0.1) is 6.92 Å². The number of aromatic nitrogens is 3. The SMILES string of the molecule is CCn1cc(NCc2c[nH]c3ccccc23)c(C)n1. The van der Waals surface area contributed by atoms with E-state index in [1.165, 1.54) is 16.5 Å². The normalized spacial score (nSPS) is 11.1. The highest BCUT2D eigenvalue weighted by Gasteiger charge is 2.06. The van der Waals surface area contributed by atoms with Gasteiger partial charge in [-0.15, -0.1) is 0 Å². The van der Waals surface area contributed by atoms with Crippen LogP contribution in [0.4, 0.5) is 5.69 Å². The number of hydrogen-bond acceptors (Lipinski definition) is 2. The molecule has 0 radical (unpaired) electrons. The Labute approximate surface area is 112 Å². The summed E-state index contributed by atoms with van der Waals surface area (Å²) in [5.41, 5.74) is 4.60. The van der Waals surface area contributed by atoms with E-state index in [2.05, 4.69) is 52.9 Å². The Morgan fingerprint density at radius 2 is 2.16 bits per heavy atom. The highest BCUT2D eigenvalue weighted by atomic mass is 15.3. The summed E-state index contributed by atoms with van der Waals surface area (Å²) in [7, 11) is 0. The summed E-state index contributed by atoms with van der Waals surface area (Å²) in [5, 5.41) is 9.17. The minimum atomic E-state index is 0.806. The molecule has 0 aliphatic rings. The number of aromatic amines is 1. The molecule has 0 saturated carbocycles. The Kier molecular flexibility index (Phi) is 2.99. The van der Waals surface area contributed by atoms with Crippen molar-refractivity contribution in [2.24, 2.45) is 0 Å². The van der Waals surface area contributed by atoms with E-state index in [0.29, 0.717) is 0 Å². The van der Waals surface area contributed by atoms with Crippen LogP contribution in [0.2, 0.25) is 0 Å². The molecule has 3 rings (SSSR count). The van der Waals surface area contributed by atoms with E-state index in [1.807, 2.05) is 17.7 Å². The number of para-hydroxylation sites is 1. The Hall–Kier alpha value is -2.23. The zero-order valence-electron chi connectivity index (χ0n) is 11.3. The molecule has 4 nitrogen and oxygen atoms in total. The minimum Gasteiger partial charge on any atom is -0.378 e. The van der Waals surface area contributed by atoms with E-state index < -0.39 is 0 Å². The third-order valence-corrected chi connectivity index (χ3v) is 3.41. The van der Waals surface area contributed by atoms with E-state index in [0.717, 1.165) is 24.5 Å². The van der Waals surface area contributed by atoms with Gasteiger partial charge >= 0.3 is 0 Å². The van der Waals surface area contributed by atoms with Crippen molar-refractivity contribution in [3.05, 3.63) is 47.9 Å². The lowest BCUT2D eigenvalue weighted by atomic mass is 10.2. The summed E-state index contributed by atoms with van der Waals surface area (Å²) in [6.07, 6.45) is 4.13. The minimum absolute atomic E-state index is 0.806. The van der Waals surface area contributed by atoms with Crippen molar-refractivity contribution in [2.45, 2.75) is 26.9 Å². The second kappa shape index (κ2) is 4.80. The summed E-state index contributed by atoms with van der Waals surface area (Å²) in [5.74, 6) is 0. The predicted octanol–water partition coefficient (Wildman–Crippen LogP) is 3.30. The maximum absolute atomic E-state index is 4.44. The topological polar surface area (TPSA) is 45.6 Å². The number of nitrogens with zero attached hydrogens (tertiary/aromatic N) is 2. The molecule has 0 saturated heterocycles. The Morgan fingerprint density at radius 3 is 2.95 bits per heavy atom. The van der Waals surface area contributed by atoms with Crippen molar-refractivity contribution in [1.82, 2.24) is 14.8 Å². The average Bonchev–Trinajstić information content (AvgIpc) is 3.00. The third-order valence-electron chi connectivity index (χ3n) is 3.41. The lowest BCUT2D eigenvalue weighted by molar-refractivity contribution is 0.653. The van der Waals surface area contributed by atoms with Crippen molar-refractivity contribution in [2.75, 3.05) is 5.32 Å². The van der Waals surface area contributed by atoms with Gasteiger partial charge in [-0.05, 0) is 25.5 Å². The van der Waals surface area contributed by atoms with Gasteiger partial charge in [0.25, 0.3) is 0 Å². The Bertz CT molecular complexity index is 693. The zero-order chi connectivity index (χ0) is 13.2. The van der Waals surface area contributed by atoms with Gasteiger partial charge < -0.3 is 10.3 Å². The molecule has 4 heteroatoms. The van der Waals surface area contributed by atoms with Gasteiger partial charge in [-0.25, -0.2) is 0 Å².